The molecule has 0 aliphatic carbocycles. The molecule has 0 radical (unpaired) electrons. The van der Waals surface area contributed by atoms with Crippen LogP contribution in [-0.4, -0.2) is 37.2 Å². The fourth-order valence-electron chi connectivity index (χ4n) is 8.70. The molecule has 0 amide bonds. The highest BCUT2D eigenvalue weighted by Crippen LogP contribution is 2.18. The molecule has 0 aliphatic heterocycles. The van der Waals surface area contributed by atoms with Crippen molar-refractivity contribution in [1.29, 1.82) is 0 Å². The van der Waals surface area contributed by atoms with Gasteiger partial charge < -0.3 is 14.2 Å². The van der Waals surface area contributed by atoms with Gasteiger partial charge in [-0.05, 0) is 31.1 Å². The van der Waals surface area contributed by atoms with Gasteiger partial charge in [-0.1, -0.05) is 279 Å². The van der Waals surface area contributed by atoms with Crippen LogP contribution < -0.4 is 0 Å². The molecule has 0 spiro atoms. The summed E-state index contributed by atoms with van der Waals surface area (Å²) in [7, 11) is 0. The Hall–Kier alpha value is -1.59. The van der Waals surface area contributed by atoms with Gasteiger partial charge in [0.2, 0.25) is 0 Å². The van der Waals surface area contributed by atoms with Crippen molar-refractivity contribution in [3.63, 3.8) is 0 Å². The van der Waals surface area contributed by atoms with Gasteiger partial charge in [0.15, 0.2) is 6.10 Å². The first-order valence-electron chi connectivity index (χ1n) is 28.2. The van der Waals surface area contributed by atoms with E-state index < -0.39 is 6.10 Å². The molecule has 0 aliphatic rings. The average molecular weight is 892 g/mol. The molecular weight excluding hydrogens is 781 g/mol. The molecule has 0 aromatic rings. The number of hydrogen-bond acceptors (Lipinski definition) is 6. The second-order valence-electron chi connectivity index (χ2n) is 20.5. The van der Waals surface area contributed by atoms with Crippen LogP contribution >= 0.6 is 0 Å². The molecule has 0 bridgehead atoms. The van der Waals surface area contributed by atoms with Gasteiger partial charge in [-0.15, -0.1) is 0 Å². The maximum Gasteiger partial charge on any atom is 0.306 e. The molecule has 0 fully saturated rings. The third-order valence-electron chi connectivity index (χ3n) is 13.0. The molecular formula is C57H110O6. The molecule has 0 rings (SSSR count). The lowest BCUT2D eigenvalue weighted by atomic mass is 10.0. The zero-order chi connectivity index (χ0) is 46.1. The zero-order valence-corrected chi connectivity index (χ0v) is 43.2. The third-order valence-corrected chi connectivity index (χ3v) is 13.0. The van der Waals surface area contributed by atoms with Crippen LogP contribution in [0.5, 0.6) is 0 Å². The number of carbonyl (C=O) groups is 3. The van der Waals surface area contributed by atoms with E-state index in [0.717, 1.165) is 69.6 Å². The summed E-state index contributed by atoms with van der Waals surface area (Å²) in [6.45, 7) is 11.4. The van der Waals surface area contributed by atoms with E-state index in [1.54, 1.807) is 0 Å². The summed E-state index contributed by atoms with van der Waals surface area (Å²) in [6, 6.07) is 0. The molecule has 0 aromatic carbocycles. The van der Waals surface area contributed by atoms with Gasteiger partial charge in [-0.25, -0.2) is 0 Å². The van der Waals surface area contributed by atoms with Crippen molar-refractivity contribution in [2.45, 2.75) is 323 Å². The first-order chi connectivity index (χ1) is 30.7. The second kappa shape index (κ2) is 49.8. The Balaban J connectivity index is 4.29. The minimum absolute atomic E-state index is 0.0632. The smallest absolute Gasteiger partial charge is 0.306 e. The molecule has 6 nitrogen and oxygen atoms in total. The Morgan fingerprint density at radius 2 is 0.524 bits per heavy atom. The number of unbranched alkanes of at least 4 members (excludes halogenated alkanes) is 36. The summed E-state index contributed by atoms with van der Waals surface area (Å²) >= 11 is 0. The Morgan fingerprint density at radius 1 is 0.302 bits per heavy atom. The largest absolute Gasteiger partial charge is 0.462 e. The first-order valence-corrected chi connectivity index (χ1v) is 28.2. The molecule has 0 N–H and O–H groups in total. The van der Waals surface area contributed by atoms with Gasteiger partial charge in [0, 0.05) is 19.3 Å². The van der Waals surface area contributed by atoms with Crippen LogP contribution in [0.25, 0.3) is 0 Å². The molecule has 63 heavy (non-hydrogen) atoms. The van der Waals surface area contributed by atoms with Crippen molar-refractivity contribution < 1.29 is 28.6 Å². The monoisotopic (exact) mass is 891 g/mol. The maximum absolute atomic E-state index is 12.8. The molecule has 0 unspecified atom stereocenters. The molecule has 0 aromatic heterocycles. The van der Waals surface area contributed by atoms with E-state index in [9.17, 15) is 14.4 Å². The van der Waals surface area contributed by atoms with Crippen molar-refractivity contribution >= 4 is 17.9 Å². The van der Waals surface area contributed by atoms with E-state index in [0.29, 0.717) is 19.3 Å². The Bertz CT molecular complexity index is 962. The molecule has 0 heterocycles. The van der Waals surface area contributed by atoms with Crippen molar-refractivity contribution in [2.24, 2.45) is 11.8 Å². The van der Waals surface area contributed by atoms with Crippen LogP contribution in [0.15, 0.2) is 0 Å². The number of hydrogen-bond donors (Lipinski definition) is 0. The molecule has 0 saturated heterocycles. The first kappa shape index (κ1) is 61.4. The van der Waals surface area contributed by atoms with Gasteiger partial charge in [0.1, 0.15) is 13.2 Å². The van der Waals surface area contributed by atoms with Gasteiger partial charge in [-0.3, -0.25) is 14.4 Å². The van der Waals surface area contributed by atoms with Gasteiger partial charge in [-0.2, -0.15) is 0 Å². The number of carbonyl (C=O) groups excluding carboxylic acids is 3. The lowest BCUT2D eigenvalue weighted by Crippen LogP contribution is -2.30. The van der Waals surface area contributed by atoms with Crippen LogP contribution in [0.3, 0.4) is 0 Å². The third kappa shape index (κ3) is 51.3. The van der Waals surface area contributed by atoms with Crippen molar-refractivity contribution in [3.05, 3.63) is 0 Å². The molecule has 6 heteroatoms. The Morgan fingerprint density at radius 3 is 0.778 bits per heavy atom. The average Bonchev–Trinajstić information content (AvgIpc) is 3.25. The van der Waals surface area contributed by atoms with Crippen molar-refractivity contribution in [3.8, 4) is 0 Å². The fraction of sp³-hybridized carbons (Fsp3) is 0.947. The van der Waals surface area contributed by atoms with Crippen LogP contribution in [0.1, 0.15) is 317 Å². The lowest BCUT2D eigenvalue weighted by molar-refractivity contribution is -0.167. The van der Waals surface area contributed by atoms with E-state index in [-0.39, 0.29) is 31.1 Å². The predicted molar refractivity (Wildman–Crippen MR) is 270 cm³/mol. The van der Waals surface area contributed by atoms with Crippen molar-refractivity contribution in [2.75, 3.05) is 13.2 Å². The minimum Gasteiger partial charge on any atom is -0.462 e. The van der Waals surface area contributed by atoms with Crippen molar-refractivity contribution in [1.82, 2.24) is 0 Å². The summed E-state index contributed by atoms with van der Waals surface area (Å²) in [6.07, 6.45) is 52.4. The van der Waals surface area contributed by atoms with E-state index in [2.05, 4.69) is 34.6 Å². The number of rotatable bonds is 51. The predicted octanol–water partition coefficient (Wildman–Crippen LogP) is 18.5. The van der Waals surface area contributed by atoms with Crippen LogP contribution in [0.2, 0.25) is 0 Å². The highest BCUT2D eigenvalue weighted by Gasteiger charge is 2.19. The van der Waals surface area contributed by atoms with Gasteiger partial charge in [0.05, 0.1) is 0 Å². The Labute approximate surface area is 393 Å². The summed E-state index contributed by atoms with van der Waals surface area (Å²) in [4.78, 5) is 38.1. The summed E-state index contributed by atoms with van der Waals surface area (Å²) in [5, 5.41) is 0. The van der Waals surface area contributed by atoms with Crippen LogP contribution in [-0.2, 0) is 28.6 Å². The van der Waals surface area contributed by atoms with E-state index in [1.165, 1.54) is 205 Å². The van der Waals surface area contributed by atoms with Gasteiger partial charge in [0.25, 0.3) is 0 Å². The van der Waals surface area contributed by atoms with E-state index >= 15 is 0 Å². The summed E-state index contributed by atoms with van der Waals surface area (Å²) < 4.78 is 16.9. The molecule has 374 valence electrons. The van der Waals surface area contributed by atoms with Gasteiger partial charge >= 0.3 is 17.9 Å². The number of ether oxygens (including phenoxy) is 3. The number of esters is 3. The highest BCUT2D eigenvalue weighted by atomic mass is 16.6. The molecule has 0 saturated carbocycles. The van der Waals surface area contributed by atoms with Crippen LogP contribution in [0, 0.1) is 11.8 Å². The fourth-order valence-corrected chi connectivity index (χ4v) is 8.70. The molecule has 1 atom stereocenters. The zero-order valence-electron chi connectivity index (χ0n) is 43.2. The Kier molecular flexibility index (Phi) is 48.6. The highest BCUT2D eigenvalue weighted by molar-refractivity contribution is 5.71. The summed E-state index contributed by atoms with van der Waals surface area (Å²) in [5.41, 5.74) is 0. The summed E-state index contributed by atoms with van der Waals surface area (Å²) in [5.74, 6) is 0.806. The minimum atomic E-state index is -0.762. The maximum atomic E-state index is 12.8. The lowest BCUT2D eigenvalue weighted by Gasteiger charge is -2.18. The topological polar surface area (TPSA) is 78.9 Å². The normalized spacial score (nSPS) is 12.0. The standard InChI is InChI=1S/C57H110O6/c1-6-7-8-9-10-11-12-13-14-15-16-19-23-28-34-39-44-49-57(60)63-54(51-62-56(59)48-43-38-33-29-24-26-31-36-41-46-53(4)5)50-61-55(58)47-42-37-32-27-22-20-17-18-21-25-30-35-40-45-52(2)3/h52-54H,6-51H2,1-5H3/t54-/m1/s1. The van der Waals surface area contributed by atoms with E-state index in [4.69, 9.17) is 14.2 Å². The van der Waals surface area contributed by atoms with Crippen LogP contribution in [0.4, 0.5) is 0 Å². The quantitative estimate of drug-likeness (QED) is 0.0344. The SMILES string of the molecule is CCCCCCCCCCCCCCCCCCCC(=O)O[C@H](COC(=O)CCCCCCCCCCCCCCCC(C)C)COC(=O)CCCCCCCCCCCC(C)C. The second-order valence-corrected chi connectivity index (χ2v) is 20.5. The van der Waals surface area contributed by atoms with E-state index in [1.807, 2.05) is 0 Å².